The van der Waals surface area contributed by atoms with Crippen LogP contribution < -0.4 is 0 Å². The monoisotopic (exact) mass is 302 g/mol. The van der Waals surface area contributed by atoms with E-state index in [0.29, 0.717) is 23.2 Å². The van der Waals surface area contributed by atoms with Crippen molar-refractivity contribution in [1.82, 2.24) is 0 Å². The molecule has 5 saturated carbocycles. The van der Waals surface area contributed by atoms with Crippen LogP contribution >= 0.6 is 0 Å². The Bertz CT molecular complexity index is 552. The van der Waals surface area contributed by atoms with Gasteiger partial charge < -0.3 is 5.11 Å². The van der Waals surface area contributed by atoms with Crippen molar-refractivity contribution in [3.8, 4) is 0 Å². The van der Waals surface area contributed by atoms with Crippen molar-refractivity contribution in [3.63, 3.8) is 0 Å². The average molecular weight is 302 g/mol. The first kappa shape index (κ1) is 14.8. The van der Waals surface area contributed by atoms with E-state index >= 15 is 0 Å². The van der Waals surface area contributed by atoms with Crippen LogP contribution in [0.2, 0.25) is 0 Å². The fourth-order valence-electron chi connectivity index (χ4n) is 7.75. The van der Waals surface area contributed by atoms with Gasteiger partial charge in [0, 0.05) is 6.42 Å². The summed E-state index contributed by atoms with van der Waals surface area (Å²) in [5.41, 5.74) is 2.62. The fourth-order valence-corrected chi connectivity index (χ4v) is 7.75. The Morgan fingerprint density at radius 3 is 2.59 bits per heavy atom. The molecule has 5 aliphatic carbocycles. The molecule has 2 heteroatoms. The third-order valence-corrected chi connectivity index (χ3v) is 8.65. The van der Waals surface area contributed by atoms with Crippen LogP contribution in [-0.4, -0.2) is 11.1 Å². The van der Waals surface area contributed by atoms with Crippen molar-refractivity contribution >= 4 is 5.97 Å². The van der Waals surface area contributed by atoms with Crippen LogP contribution in [0.5, 0.6) is 0 Å². The van der Waals surface area contributed by atoms with Crippen molar-refractivity contribution < 1.29 is 9.90 Å². The molecule has 2 nitrogen and oxygen atoms in total. The smallest absolute Gasteiger partial charge is 0.303 e. The molecule has 22 heavy (non-hydrogen) atoms. The number of carboxylic acids is 1. The average Bonchev–Trinajstić information content (AvgIpc) is 2.88. The first-order valence-corrected chi connectivity index (χ1v) is 9.10. The number of aliphatic carboxylic acids is 1. The quantitative estimate of drug-likeness (QED) is 0.750. The summed E-state index contributed by atoms with van der Waals surface area (Å²) in [6, 6.07) is 0. The van der Waals surface area contributed by atoms with E-state index in [0.717, 1.165) is 24.2 Å². The standard InChI is InChI=1S/C20H30O2/c1-12(2)13-5-8-20-10-15-14(19(15,4)11-20)9-16(20)18(13,3)7-6-17(21)22/h13-16H,1,5-11H2,2-4H3,(H,21,22). The van der Waals surface area contributed by atoms with Crippen molar-refractivity contribution in [2.24, 2.45) is 39.9 Å². The third-order valence-electron chi connectivity index (χ3n) is 8.65. The van der Waals surface area contributed by atoms with Gasteiger partial charge in [0.2, 0.25) is 0 Å². The van der Waals surface area contributed by atoms with Gasteiger partial charge in [-0.2, -0.15) is 0 Å². The van der Waals surface area contributed by atoms with Crippen molar-refractivity contribution in [2.75, 3.05) is 0 Å². The van der Waals surface area contributed by atoms with Gasteiger partial charge in [0.1, 0.15) is 0 Å². The second kappa shape index (κ2) is 4.19. The van der Waals surface area contributed by atoms with Crippen LogP contribution in [0.15, 0.2) is 12.2 Å². The van der Waals surface area contributed by atoms with Gasteiger partial charge in [-0.1, -0.05) is 26.0 Å². The summed E-state index contributed by atoms with van der Waals surface area (Å²) in [5.74, 6) is 2.54. The van der Waals surface area contributed by atoms with Gasteiger partial charge in [-0.3, -0.25) is 4.79 Å². The molecule has 5 aliphatic rings. The summed E-state index contributed by atoms with van der Waals surface area (Å²) < 4.78 is 0. The number of hydrogen-bond acceptors (Lipinski definition) is 1. The minimum Gasteiger partial charge on any atom is -0.481 e. The van der Waals surface area contributed by atoms with Crippen LogP contribution in [0.3, 0.4) is 0 Å². The van der Waals surface area contributed by atoms with E-state index < -0.39 is 5.97 Å². The lowest BCUT2D eigenvalue weighted by Crippen LogP contribution is -2.53. The zero-order valence-corrected chi connectivity index (χ0v) is 14.3. The molecule has 0 heterocycles. The number of hydrogen-bond donors (Lipinski definition) is 1. The zero-order chi connectivity index (χ0) is 15.9. The molecular weight excluding hydrogens is 272 g/mol. The molecule has 0 aliphatic heterocycles. The summed E-state index contributed by atoms with van der Waals surface area (Å²) in [6.07, 6.45) is 7.96. The number of carboxylic acid groups (broad SMARTS) is 1. The second-order valence-electron chi connectivity index (χ2n) is 9.59. The van der Waals surface area contributed by atoms with Gasteiger partial charge in [-0.25, -0.2) is 0 Å². The molecule has 0 aromatic rings. The number of allylic oxidation sites excluding steroid dienone is 1. The highest BCUT2D eigenvalue weighted by atomic mass is 16.4. The lowest BCUT2D eigenvalue weighted by molar-refractivity contribution is -0.141. The topological polar surface area (TPSA) is 37.3 Å². The Kier molecular flexibility index (Phi) is 2.81. The molecule has 0 saturated heterocycles. The summed E-state index contributed by atoms with van der Waals surface area (Å²) >= 11 is 0. The van der Waals surface area contributed by atoms with E-state index in [1.54, 1.807) is 0 Å². The van der Waals surface area contributed by atoms with Gasteiger partial charge in [0.05, 0.1) is 0 Å². The molecule has 5 fully saturated rings. The van der Waals surface area contributed by atoms with Crippen molar-refractivity contribution in [1.29, 1.82) is 0 Å². The van der Waals surface area contributed by atoms with Crippen LogP contribution in [0.1, 0.15) is 65.7 Å². The highest BCUT2D eigenvalue weighted by molar-refractivity contribution is 5.66. The molecule has 0 aromatic heterocycles. The van der Waals surface area contributed by atoms with E-state index in [1.165, 1.54) is 37.7 Å². The lowest BCUT2D eigenvalue weighted by atomic mass is 9.44. The predicted octanol–water partition coefficient (Wildman–Crippen LogP) is 4.90. The van der Waals surface area contributed by atoms with E-state index in [1.807, 2.05) is 0 Å². The molecule has 1 N–H and O–H groups in total. The summed E-state index contributed by atoms with van der Waals surface area (Å²) in [4.78, 5) is 11.2. The Balaban J connectivity index is 1.68. The molecule has 0 radical (unpaired) electrons. The van der Waals surface area contributed by atoms with E-state index in [2.05, 4.69) is 27.4 Å². The minimum absolute atomic E-state index is 0.150. The largest absolute Gasteiger partial charge is 0.481 e. The molecular formula is C20H30O2. The molecule has 5 rings (SSSR count). The Morgan fingerprint density at radius 1 is 1.32 bits per heavy atom. The first-order valence-electron chi connectivity index (χ1n) is 9.10. The van der Waals surface area contributed by atoms with Gasteiger partial charge in [0.15, 0.2) is 0 Å². The molecule has 0 amide bonds. The highest BCUT2D eigenvalue weighted by Gasteiger charge is 2.77. The molecule has 0 aromatic carbocycles. The first-order chi connectivity index (χ1) is 10.2. The van der Waals surface area contributed by atoms with E-state index in [-0.39, 0.29) is 5.41 Å². The predicted molar refractivity (Wildman–Crippen MR) is 87.4 cm³/mol. The maximum atomic E-state index is 11.2. The van der Waals surface area contributed by atoms with E-state index in [4.69, 9.17) is 0 Å². The minimum atomic E-state index is -0.639. The maximum absolute atomic E-state index is 11.2. The summed E-state index contributed by atoms with van der Waals surface area (Å²) in [6.45, 7) is 11.4. The molecule has 7 atom stereocenters. The Morgan fingerprint density at radius 2 is 2.05 bits per heavy atom. The molecule has 122 valence electrons. The Labute approximate surface area is 134 Å². The van der Waals surface area contributed by atoms with Crippen LogP contribution in [0, 0.1) is 39.9 Å². The SMILES string of the molecule is C=C(C)C1CCC23CC4C(CC2C1(C)CCC(=O)O)C4(C)C3. The zero-order valence-electron chi connectivity index (χ0n) is 14.3. The summed E-state index contributed by atoms with van der Waals surface area (Å²) in [5, 5.41) is 9.23. The molecule has 1 spiro atoms. The van der Waals surface area contributed by atoms with Crippen LogP contribution in [0.25, 0.3) is 0 Å². The summed E-state index contributed by atoms with van der Waals surface area (Å²) in [7, 11) is 0. The molecule has 4 bridgehead atoms. The van der Waals surface area contributed by atoms with Gasteiger partial charge in [-0.05, 0) is 85.4 Å². The van der Waals surface area contributed by atoms with Crippen molar-refractivity contribution in [3.05, 3.63) is 12.2 Å². The second-order valence-corrected chi connectivity index (χ2v) is 9.59. The van der Waals surface area contributed by atoms with Crippen LogP contribution in [0.4, 0.5) is 0 Å². The fraction of sp³-hybridized carbons (Fsp3) is 0.850. The Hall–Kier alpha value is -0.790. The van der Waals surface area contributed by atoms with E-state index in [9.17, 15) is 9.90 Å². The maximum Gasteiger partial charge on any atom is 0.303 e. The third kappa shape index (κ3) is 1.65. The van der Waals surface area contributed by atoms with Gasteiger partial charge >= 0.3 is 5.97 Å². The van der Waals surface area contributed by atoms with Gasteiger partial charge in [-0.15, -0.1) is 0 Å². The highest BCUT2D eigenvalue weighted by Crippen LogP contribution is 2.84. The van der Waals surface area contributed by atoms with Crippen molar-refractivity contribution in [2.45, 2.75) is 65.7 Å². The lowest BCUT2D eigenvalue weighted by Gasteiger charge is -2.61. The normalized spacial score (nSPS) is 54.7. The van der Waals surface area contributed by atoms with Gasteiger partial charge in [0.25, 0.3) is 0 Å². The van der Waals surface area contributed by atoms with Crippen LogP contribution in [-0.2, 0) is 4.79 Å². The number of carbonyl (C=O) groups is 1. The molecule has 7 unspecified atom stereocenters. The number of rotatable bonds is 4.